The number of unbranched alkanes of at least 4 members (excludes halogenated alkanes) is 2. The van der Waals surface area contributed by atoms with E-state index in [0.717, 1.165) is 13.0 Å². The average Bonchev–Trinajstić information content (AvgIpc) is 2.17. The summed E-state index contributed by atoms with van der Waals surface area (Å²) in [6, 6.07) is 0.275. The second kappa shape index (κ2) is 7.66. The van der Waals surface area contributed by atoms with Crippen LogP contribution in [-0.4, -0.2) is 24.0 Å². The van der Waals surface area contributed by atoms with Crippen LogP contribution in [0.3, 0.4) is 0 Å². The lowest BCUT2D eigenvalue weighted by atomic mass is 10.0. The molecule has 0 aromatic rings. The van der Waals surface area contributed by atoms with Gasteiger partial charge in [0.2, 0.25) is 5.91 Å². The van der Waals surface area contributed by atoms with E-state index in [2.05, 4.69) is 24.5 Å². The third kappa shape index (κ3) is 6.11. The van der Waals surface area contributed by atoms with E-state index in [-0.39, 0.29) is 11.9 Å². The Kier molecular flexibility index (Phi) is 7.39. The summed E-state index contributed by atoms with van der Waals surface area (Å²) in [6.45, 7) is 10.9. The topological polar surface area (TPSA) is 41.1 Å². The molecule has 0 bridgehead atoms. The normalized spacial score (nSPS) is 13.6. The third-order valence-electron chi connectivity index (χ3n) is 2.80. The molecule has 3 heteroatoms. The van der Waals surface area contributed by atoms with Gasteiger partial charge in [0.25, 0.3) is 0 Å². The molecule has 1 atom stereocenters. The first-order valence-corrected chi connectivity index (χ1v) is 6.50. The molecule has 0 aliphatic heterocycles. The van der Waals surface area contributed by atoms with Crippen LogP contribution < -0.4 is 10.6 Å². The van der Waals surface area contributed by atoms with E-state index in [1.165, 1.54) is 19.3 Å². The number of nitrogens with one attached hydrogen (secondary N) is 2. The maximum absolute atomic E-state index is 11.9. The minimum Gasteiger partial charge on any atom is -0.352 e. The van der Waals surface area contributed by atoms with Crippen LogP contribution in [0.5, 0.6) is 0 Å². The Labute approximate surface area is 100 Å². The zero-order valence-corrected chi connectivity index (χ0v) is 11.5. The van der Waals surface area contributed by atoms with Gasteiger partial charge < -0.3 is 10.6 Å². The van der Waals surface area contributed by atoms with E-state index in [4.69, 9.17) is 0 Å². The Bertz CT molecular complexity index is 202. The third-order valence-corrected chi connectivity index (χ3v) is 2.80. The maximum atomic E-state index is 11.9. The molecule has 96 valence electrons. The fraction of sp³-hybridized carbons (Fsp3) is 0.923. The molecule has 0 rings (SSSR count). The lowest BCUT2D eigenvalue weighted by Gasteiger charge is -2.26. The minimum atomic E-state index is -0.465. The van der Waals surface area contributed by atoms with E-state index < -0.39 is 5.54 Å². The molecule has 0 aromatic carbocycles. The van der Waals surface area contributed by atoms with Crippen molar-refractivity contribution in [3.8, 4) is 0 Å². The van der Waals surface area contributed by atoms with Crippen LogP contribution in [0.25, 0.3) is 0 Å². The summed E-state index contributed by atoms with van der Waals surface area (Å²) >= 11 is 0. The Morgan fingerprint density at radius 1 is 1.25 bits per heavy atom. The zero-order valence-electron chi connectivity index (χ0n) is 11.5. The van der Waals surface area contributed by atoms with Gasteiger partial charge in [-0.05, 0) is 33.7 Å². The number of rotatable bonds is 8. The van der Waals surface area contributed by atoms with Crippen molar-refractivity contribution in [2.75, 3.05) is 6.54 Å². The number of hydrogen-bond acceptors (Lipinski definition) is 2. The molecule has 0 spiro atoms. The van der Waals surface area contributed by atoms with Gasteiger partial charge in [-0.25, -0.2) is 0 Å². The van der Waals surface area contributed by atoms with Crippen molar-refractivity contribution in [3.63, 3.8) is 0 Å². The fourth-order valence-corrected chi connectivity index (χ4v) is 1.70. The Hall–Kier alpha value is -0.570. The summed E-state index contributed by atoms with van der Waals surface area (Å²) < 4.78 is 0. The highest BCUT2D eigenvalue weighted by Crippen LogP contribution is 2.06. The Morgan fingerprint density at radius 3 is 2.38 bits per heavy atom. The molecule has 0 fully saturated rings. The van der Waals surface area contributed by atoms with Gasteiger partial charge in [0, 0.05) is 6.04 Å². The van der Waals surface area contributed by atoms with Crippen LogP contribution in [-0.2, 0) is 4.79 Å². The van der Waals surface area contributed by atoms with Gasteiger partial charge in [0.1, 0.15) is 0 Å². The molecule has 0 aliphatic carbocycles. The first kappa shape index (κ1) is 15.4. The van der Waals surface area contributed by atoms with Crippen molar-refractivity contribution in [2.45, 2.75) is 71.9 Å². The zero-order chi connectivity index (χ0) is 12.6. The van der Waals surface area contributed by atoms with Gasteiger partial charge >= 0.3 is 0 Å². The lowest BCUT2D eigenvalue weighted by molar-refractivity contribution is -0.127. The molecule has 0 saturated heterocycles. The summed E-state index contributed by atoms with van der Waals surface area (Å²) in [6.07, 6.45) is 4.74. The minimum absolute atomic E-state index is 0.0957. The van der Waals surface area contributed by atoms with E-state index in [0.29, 0.717) is 0 Å². The van der Waals surface area contributed by atoms with Crippen LogP contribution >= 0.6 is 0 Å². The SMILES string of the molecule is CCCCCC(C)NC(=O)C(C)(C)NCC. The van der Waals surface area contributed by atoms with Gasteiger partial charge in [-0.2, -0.15) is 0 Å². The molecule has 2 N–H and O–H groups in total. The Balaban J connectivity index is 3.93. The number of carbonyl (C=O) groups excluding carboxylic acids is 1. The molecular formula is C13H28N2O. The van der Waals surface area contributed by atoms with Crippen molar-refractivity contribution in [1.29, 1.82) is 0 Å². The van der Waals surface area contributed by atoms with Gasteiger partial charge in [-0.1, -0.05) is 33.1 Å². The molecular weight excluding hydrogens is 200 g/mol. The largest absolute Gasteiger partial charge is 0.352 e. The molecule has 16 heavy (non-hydrogen) atoms. The second-order valence-electron chi connectivity index (χ2n) is 5.03. The number of carbonyl (C=O) groups is 1. The molecule has 0 aliphatic rings. The van der Waals surface area contributed by atoms with Crippen molar-refractivity contribution >= 4 is 5.91 Å². The number of likely N-dealkylation sites (N-methyl/N-ethyl adjacent to an activating group) is 1. The van der Waals surface area contributed by atoms with Crippen molar-refractivity contribution in [3.05, 3.63) is 0 Å². The van der Waals surface area contributed by atoms with Gasteiger partial charge in [0.15, 0.2) is 0 Å². The summed E-state index contributed by atoms with van der Waals surface area (Å²) in [5.41, 5.74) is -0.465. The van der Waals surface area contributed by atoms with Crippen molar-refractivity contribution in [1.82, 2.24) is 10.6 Å². The smallest absolute Gasteiger partial charge is 0.239 e. The van der Waals surface area contributed by atoms with Gasteiger partial charge in [-0.15, -0.1) is 0 Å². The van der Waals surface area contributed by atoms with Crippen LogP contribution in [0.1, 0.15) is 60.3 Å². The van der Waals surface area contributed by atoms with Crippen LogP contribution in [0.15, 0.2) is 0 Å². The van der Waals surface area contributed by atoms with Crippen LogP contribution in [0.2, 0.25) is 0 Å². The predicted octanol–water partition coefficient (Wildman–Crippen LogP) is 2.46. The quantitative estimate of drug-likeness (QED) is 0.627. The first-order chi connectivity index (χ1) is 7.44. The number of hydrogen-bond donors (Lipinski definition) is 2. The van der Waals surface area contributed by atoms with Gasteiger partial charge in [-0.3, -0.25) is 4.79 Å². The predicted molar refractivity (Wildman–Crippen MR) is 69.5 cm³/mol. The first-order valence-electron chi connectivity index (χ1n) is 6.50. The summed E-state index contributed by atoms with van der Waals surface area (Å²) in [5, 5.41) is 6.24. The highest BCUT2D eigenvalue weighted by Gasteiger charge is 2.26. The highest BCUT2D eigenvalue weighted by atomic mass is 16.2. The summed E-state index contributed by atoms with van der Waals surface area (Å²) in [4.78, 5) is 11.9. The number of amides is 1. The monoisotopic (exact) mass is 228 g/mol. The molecule has 0 heterocycles. The maximum Gasteiger partial charge on any atom is 0.239 e. The van der Waals surface area contributed by atoms with Crippen LogP contribution in [0, 0.1) is 0 Å². The summed E-state index contributed by atoms with van der Waals surface area (Å²) in [5.74, 6) is 0.0957. The average molecular weight is 228 g/mol. The second-order valence-corrected chi connectivity index (χ2v) is 5.03. The lowest BCUT2D eigenvalue weighted by Crippen LogP contribution is -2.54. The molecule has 3 nitrogen and oxygen atoms in total. The van der Waals surface area contributed by atoms with E-state index in [9.17, 15) is 4.79 Å². The van der Waals surface area contributed by atoms with Crippen molar-refractivity contribution < 1.29 is 4.79 Å². The molecule has 0 saturated carbocycles. The molecule has 0 radical (unpaired) electrons. The van der Waals surface area contributed by atoms with E-state index in [1.54, 1.807) is 0 Å². The fourth-order valence-electron chi connectivity index (χ4n) is 1.70. The van der Waals surface area contributed by atoms with E-state index in [1.807, 2.05) is 20.8 Å². The van der Waals surface area contributed by atoms with Crippen molar-refractivity contribution in [2.24, 2.45) is 0 Å². The molecule has 1 unspecified atom stereocenters. The summed E-state index contributed by atoms with van der Waals surface area (Å²) in [7, 11) is 0. The molecule has 0 aromatic heterocycles. The highest BCUT2D eigenvalue weighted by molar-refractivity contribution is 5.85. The van der Waals surface area contributed by atoms with E-state index >= 15 is 0 Å². The molecule has 1 amide bonds. The Morgan fingerprint density at radius 2 is 1.88 bits per heavy atom. The van der Waals surface area contributed by atoms with Crippen LogP contribution in [0.4, 0.5) is 0 Å². The van der Waals surface area contributed by atoms with Gasteiger partial charge in [0.05, 0.1) is 5.54 Å². The standard InChI is InChI=1S/C13H28N2O/c1-6-8-9-10-11(3)15-12(16)13(4,5)14-7-2/h11,14H,6-10H2,1-5H3,(H,15,16).